The second kappa shape index (κ2) is 8.53. The Morgan fingerprint density at radius 2 is 2.20 bits per heavy atom. The van der Waals surface area contributed by atoms with Crippen molar-refractivity contribution < 1.29 is 9.53 Å². The van der Waals surface area contributed by atoms with E-state index in [4.69, 9.17) is 10.00 Å². The number of fused-ring (bicyclic) bond motifs is 1. The van der Waals surface area contributed by atoms with E-state index in [1.165, 1.54) is 17.4 Å². The lowest BCUT2D eigenvalue weighted by Gasteiger charge is -2.20. The molecule has 9 nitrogen and oxygen atoms in total. The number of nitriles is 1. The van der Waals surface area contributed by atoms with Crippen molar-refractivity contribution in [2.75, 3.05) is 6.61 Å². The molecule has 0 aliphatic carbocycles. The Bertz CT molecular complexity index is 1110. The van der Waals surface area contributed by atoms with Gasteiger partial charge in [0.1, 0.15) is 24.4 Å². The fourth-order valence-corrected chi connectivity index (χ4v) is 3.11. The number of hydrazone groups is 1. The van der Waals surface area contributed by atoms with Gasteiger partial charge in [-0.25, -0.2) is 20.0 Å². The van der Waals surface area contributed by atoms with Crippen LogP contribution in [0.25, 0.3) is 5.65 Å². The molecule has 4 heterocycles. The molecule has 4 rings (SSSR count). The van der Waals surface area contributed by atoms with Crippen LogP contribution in [-0.2, 0) is 4.79 Å². The molecule has 0 bridgehead atoms. The van der Waals surface area contributed by atoms with Gasteiger partial charge in [0.25, 0.3) is 0 Å². The maximum atomic E-state index is 12.7. The number of hydrogen-bond acceptors (Lipinski definition) is 7. The van der Waals surface area contributed by atoms with Crippen molar-refractivity contribution in [3.63, 3.8) is 0 Å². The molecule has 1 atom stereocenters. The Morgan fingerprint density at radius 3 is 2.97 bits per heavy atom. The molecular weight excluding hydrogens is 382 g/mol. The number of imidazole rings is 1. The maximum absolute atomic E-state index is 12.7. The molecule has 1 unspecified atom stereocenters. The van der Waals surface area contributed by atoms with E-state index < -0.39 is 0 Å². The van der Waals surface area contributed by atoms with Gasteiger partial charge in [0.2, 0.25) is 11.8 Å². The highest BCUT2D eigenvalue weighted by Gasteiger charge is 2.29. The Kier molecular flexibility index (Phi) is 5.48. The van der Waals surface area contributed by atoms with Crippen molar-refractivity contribution in [2.24, 2.45) is 5.10 Å². The number of pyridine rings is 1. The molecule has 0 N–H and O–H groups in total. The average molecular weight is 401 g/mol. The lowest BCUT2D eigenvalue weighted by molar-refractivity contribution is -0.133. The average Bonchev–Trinajstić information content (AvgIpc) is 3.43. The molecule has 0 aromatic carbocycles. The van der Waals surface area contributed by atoms with Crippen LogP contribution < -0.4 is 4.74 Å². The third-order valence-corrected chi connectivity index (χ3v) is 4.67. The smallest absolute Gasteiger partial charge is 0.243 e. The van der Waals surface area contributed by atoms with E-state index >= 15 is 0 Å². The van der Waals surface area contributed by atoms with E-state index in [0.717, 1.165) is 16.9 Å². The summed E-state index contributed by atoms with van der Waals surface area (Å²) in [6.07, 6.45) is 9.69. The number of amides is 1. The van der Waals surface area contributed by atoms with Gasteiger partial charge in [-0.3, -0.25) is 4.79 Å². The van der Waals surface area contributed by atoms with Crippen molar-refractivity contribution >= 4 is 17.8 Å². The van der Waals surface area contributed by atoms with E-state index in [1.807, 2.05) is 41.1 Å². The summed E-state index contributed by atoms with van der Waals surface area (Å²) >= 11 is 0. The van der Waals surface area contributed by atoms with Gasteiger partial charge in [0.15, 0.2) is 5.69 Å². The van der Waals surface area contributed by atoms with Crippen molar-refractivity contribution in [3.05, 3.63) is 66.5 Å². The first kappa shape index (κ1) is 19.3. The Morgan fingerprint density at radius 1 is 1.30 bits per heavy atom. The van der Waals surface area contributed by atoms with Gasteiger partial charge in [-0.05, 0) is 24.1 Å². The molecule has 3 aromatic heterocycles. The Labute approximate surface area is 173 Å². The van der Waals surface area contributed by atoms with Gasteiger partial charge in [-0.2, -0.15) is 10.4 Å². The molecule has 1 aliphatic heterocycles. The molecule has 9 heteroatoms. The summed E-state index contributed by atoms with van der Waals surface area (Å²) in [6.45, 7) is 4.17. The van der Waals surface area contributed by atoms with E-state index in [1.54, 1.807) is 6.21 Å². The molecule has 30 heavy (non-hydrogen) atoms. The van der Waals surface area contributed by atoms with Gasteiger partial charge in [-0.1, -0.05) is 12.6 Å². The summed E-state index contributed by atoms with van der Waals surface area (Å²) in [5.74, 6) is 0.211. The van der Waals surface area contributed by atoms with Crippen LogP contribution in [0.3, 0.4) is 0 Å². The summed E-state index contributed by atoms with van der Waals surface area (Å²) in [4.78, 5) is 25.2. The van der Waals surface area contributed by atoms with Crippen molar-refractivity contribution in [1.29, 1.82) is 5.26 Å². The van der Waals surface area contributed by atoms with Gasteiger partial charge in [0, 0.05) is 31.4 Å². The van der Waals surface area contributed by atoms with E-state index in [9.17, 15) is 4.79 Å². The van der Waals surface area contributed by atoms with Crippen molar-refractivity contribution in [2.45, 2.75) is 25.3 Å². The number of ether oxygens (including phenoxy) is 1. The molecule has 0 radical (unpaired) electrons. The molecule has 0 spiro atoms. The minimum absolute atomic E-state index is 0.0925. The second-order valence-electron chi connectivity index (χ2n) is 6.81. The molecule has 1 amide bonds. The fraction of sp³-hybridized carbons (Fsp3) is 0.238. The Hall–Kier alpha value is -4.06. The zero-order valence-electron chi connectivity index (χ0n) is 16.2. The molecule has 1 aliphatic rings. The summed E-state index contributed by atoms with van der Waals surface area (Å²) in [6, 6.07) is 7.48. The lowest BCUT2D eigenvalue weighted by Crippen LogP contribution is -2.27. The molecule has 0 saturated heterocycles. The first-order chi connectivity index (χ1) is 14.6. The summed E-state index contributed by atoms with van der Waals surface area (Å²) < 4.78 is 7.43. The van der Waals surface area contributed by atoms with Crippen molar-refractivity contribution in [1.82, 2.24) is 24.4 Å². The number of carbonyl (C=O) groups excluding carboxylic acids is 1. The largest absolute Gasteiger partial charge is 0.472 e. The van der Waals surface area contributed by atoms with E-state index in [-0.39, 0.29) is 30.7 Å². The first-order valence-corrected chi connectivity index (χ1v) is 9.44. The zero-order valence-corrected chi connectivity index (χ0v) is 16.2. The highest BCUT2D eigenvalue weighted by Crippen LogP contribution is 2.28. The first-order valence-electron chi connectivity index (χ1n) is 9.44. The standard InChI is InChI=1S/C21H19N7O2/c1-15(14-30-20-12-23-16(10-22)11-24-20)5-6-21(29)28-18(7-8-25-28)17-13-27-9-3-2-4-19(27)26-17/h2-4,8-9,11-13,18H,1,5-7,14H2. The minimum atomic E-state index is -0.198. The van der Waals surface area contributed by atoms with Crippen LogP contribution in [0.4, 0.5) is 0 Å². The van der Waals surface area contributed by atoms with Crippen molar-refractivity contribution in [3.8, 4) is 11.9 Å². The maximum Gasteiger partial charge on any atom is 0.243 e. The number of carbonyl (C=O) groups is 1. The molecule has 150 valence electrons. The second-order valence-corrected chi connectivity index (χ2v) is 6.81. The Balaban J connectivity index is 1.30. The summed E-state index contributed by atoms with van der Waals surface area (Å²) in [5, 5.41) is 14.5. The summed E-state index contributed by atoms with van der Waals surface area (Å²) in [7, 11) is 0. The third kappa shape index (κ3) is 4.17. The fourth-order valence-electron chi connectivity index (χ4n) is 3.11. The molecular formula is C21H19N7O2. The van der Waals surface area contributed by atoms with Crippen LogP contribution in [0.5, 0.6) is 5.88 Å². The zero-order chi connectivity index (χ0) is 20.9. The van der Waals surface area contributed by atoms with Crippen LogP contribution in [0.2, 0.25) is 0 Å². The third-order valence-electron chi connectivity index (χ3n) is 4.67. The van der Waals surface area contributed by atoms with Gasteiger partial charge in [0.05, 0.1) is 18.1 Å². The predicted molar refractivity (Wildman–Crippen MR) is 109 cm³/mol. The van der Waals surface area contributed by atoms with Gasteiger partial charge >= 0.3 is 0 Å². The monoisotopic (exact) mass is 401 g/mol. The lowest BCUT2D eigenvalue weighted by atomic mass is 10.1. The quantitative estimate of drug-likeness (QED) is 0.563. The SMILES string of the molecule is C=C(CCC(=O)N1N=CCC1c1cn2ccccc2n1)COc1cnc(C#N)cn1. The molecule has 0 saturated carbocycles. The van der Waals surface area contributed by atoms with E-state index in [2.05, 4.69) is 26.6 Å². The molecule has 0 fully saturated rings. The predicted octanol–water partition coefficient (Wildman–Crippen LogP) is 2.67. The van der Waals surface area contributed by atoms with Gasteiger partial charge in [-0.15, -0.1) is 0 Å². The number of nitrogens with zero attached hydrogens (tertiary/aromatic N) is 7. The summed E-state index contributed by atoms with van der Waals surface area (Å²) in [5.41, 5.74) is 2.62. The topological polar surface area (TPSA) is 109 Å². The van der Waals surface area contributed by atoms with Crippen LogP contribution in [0, 0.1) is 11.3 Å². The number of rotatable bonds is 7. The van der Waals surface area contributed by atoms with Crippen LogP contribution in [0.1, 0.15) is 36.7 Å². The minimum Gasteiger partial charge on any atom is -0.472 e. The molecule has 3 aromatic rings. The van der Waals surface area contributed by atoms with Gasteiger partial charge < -0.3 is 9.14 Å². The number of aromatic nitrogens is 4. The van der Waals surface area contributed by atoms with Crippen LogP contribution in [0.15, 0.2) is 60.2 Å². The highest BCUT2D eigenvalue weighted by molar-refractivity contribution is 5.80. The number of hydrogen-bond donors (Lipinski definition) is 0. The normalized spacial score (nSPS) is 15.3. The van der Waals surface area contributed by atoms with Crippen LogP contribution in [-0.4, -0.2) is 43.1 Å². The van der Waals surface area contributed by atoms with E-state index in [0.29, 0.717) is 18.7 Å². The highest BCUT2D eigenvalue weighted by atomic mass is 16.5. The van der Waals surface area contributed by atoms with Crippen LogP contribution >= 0.6 is 0 Å².